The minimum atomic E-state index is -0.314. The molecule has 112 valence electrons. The van der Waals surface area contributed by atoms with Crippen LogP contribution in [0.15, 0.2) is 64.7 Å². The van der Waals surface area contributed by atoms with Gasteiger partial charge in [-0.15, -0.1) is 6.58 Å². The molecule has 2 rings (SSSR count). The Hall–Kier alpha value is -2.40. The van der Waals surface area contributed by atoms with Crippen LogP contribution < -0.4 is 5.43 Å². The second kappa shape index (κ2) is 7.56. The normalized spacial score (nSPS) is 10.6. The molecule has 1 amide bonds. The van der Waals surface area contributed by atoms with Crippen LogP contribution in [0.1, 0.15) is 21.5 Å². The highest BCUT2D eigenvalue weighted by atomic mass is 79.9. The van der Waals surface area contributed by atoms with E-state index in [2.05, 4.69) is 33.0 Å². The second-order valence-electron chi connectivity index (χ2n) is 4.55. The summed E-state index contributed by atoms with van der Waals surface area (Å²) < 4.78 is 0.900. The van der Waals surface area contributed by atoms with Crippen LogP contribution in [0.25, 0.3) is 0 Å². The lowest BCUT2D eigenvalue weighted by molar-refractivity contribution is 0.0955. The van der Waals surface area contributed by atoms with E-state index in [0.29, 0.717) is 17.5 Å². The molecule has 0 spiro atoms. The number of carbonyl (C=O) groups excluding carboxylic acids is 1. The average Bonchev–Trinajstić information content (AvgIpc) is 2.51. The Morgan fingerprint density at radius 1 is 1.27 bits per heavy atom. The quantitative estimate of drug-likeness (QED) is 0.486. The molecule has 0 saturated carbocycles. The fourth-order valence-corrected chi connectivity index (χ4v) is 2.13. The molecule has 0 saturated heterocycles. The number of hydrazone groups is 1. The van der Waals surface area contributed by atoms with Crippen molar-refractivity contribution in [3.05, 3.63) is 76.3 Å². The van der Waals surface area contributed by atoms with Gasteiger partial charge in [-0.05, 0) is 42.3 Å². The molecule has 0 unspecified atom stereocenters. The molecule has 0 bridgehead atoms. The van der Waals surface area contributed by atoms with Gasteiger partial charge in [0.2, 0.25) is 0 Å². The Bertz CT molecular complexity index is 709. The molecule has 0 aromatic heterocycles. The monoisotopic (exact) mass is 358 g/mol. The van der Waals surface area contributed by atoms with Gasteiger partial charge >= 0.3 is 0 Å². The number of rotatable bonds is 5. The molecule has 2 aromatic carbocycles. The van der Waals surface area contributed by atoms with Crippen molar-refractivity contribution in [2.45, 2.75) is 6.42 Å². The standard InChI is InChI=1S/C17H15BrN2O2/c1-2-4-12-5-3-6-14(16(12)21)11-19-20-17(22)13-7-9-15(18)10-8-13/h2-3,5-11,21H,1,4H2,(H,20,22)/b19-11+. The molecule has 4 nitrogen and oxygen atoms in total. The van der Waals surface area contributed by atoms with Gasteiger partial charge in [0.15, 0.2) is 0 Å². The first-order valence-corrected chi connectivity index (χ1v) is 7.42. The maximum Gasteiger partial charge on any atom is 0.271 e. The van der Waals surface area contributed by atoms with Crippen molar-refractivity contribution in [1.82, 2.24) is 5.43 Å². The molecule has 2 N–H and O–H groups in total. The highest BCUT2D eigenvalue weighted by Gasteiger charge is 2.05. The number of carbonyl (C=O) groups is 1. The Morgan fingerprint density at radius 3 is 2.68 bits per heavy atom. The number of nitrogens with zero attached hydrogens (tertiary/aromatic N) is 1. The van der Waals surface area contributed by atoms with Crippen LogP contribution in [0, 0.1) is 0 Å². The van der Waals surface area contributed by atoms with Gasteiger partial charge in [-0.2, -0.15) is 5.10 Å². The third-order valence-corrected chi connectivity index (χ3v) is 3.52. The number of benzene rings is 2. The summed E-state index contributed by atoms with van der Waals surface area (Å²) in [6.45, 7) is 3.65. The first-order valence-electron chi connectivity index (χ1n) is 6.62. The van der Waals surface area contributed by atoms with Crippen molar-refractivity contribution in [3.8, 4) is 5.75 Å². The molecule has 0 aliphatic carbocycles. The van der Waals surface area contributed by atoms with Crippen molar-refractivity contribution in [1.29, 1.82) is 0 Å². The van der Waals surface area contributed by atoms with Crippen LogP contribution >= 0.6 is 15.9 Å². The molecule has 22 heavy (non-hydrogen) atoms. The molecule has 0 atom stereocenters. The number of halogens is 1. The first-order chi connectivity index (χ1) is 10.6. The van der Waals surface area contributed by atoms with Crippen LogP contribution in [-0.2, 0) is 6.42 Å². The molecular formula is C17H15BrN2O2. The zero-order chi connectivity index (χ0) is 15.9. The Balaban J connectivity index is 2.06. The number of phenolic OH excluding ortho intramolecular Hbond substituents is 1. The summed E-state index contributed by atoms with van der Waals surface area (Å²) >= 11 is 3.31. The number of aromatic hydroxyl groups is 1. The van der Waals surface area contributed by atoms with Crippen molar-refractivity contribution in [3.63, 3.8) is 0 Å². The topological polar surface area (TPSA) is 61.7 Å². The maximum atomic E-state index is 11.9. The number of hydrogen-bond acceptors (Lipinski definition) is 3. The minimum absolute atomic E-state index is 0.143. The highest BCUT2D eigenvalue weighted by Crippen LogP contribution is 2.21. The summed E-state index contributed by atoms with van der Waals surface area (Å²) in [5.74, 6) is -0.172. The zero-order valence-electron chi connectivity index (χ0n) is 11.8. The predicted octanol–water partition coefficient (Wildman–Crippen LogP) is 3.65. The van der Waals surface area contributed by atoms with E-state index in [-0.39, 0.29) is 11.7 Å². The number of para-hydroxylation sites is 1. The fourth-order valence-electron chi connectivity index (χ4n) is 1.86. The van der Waals surface area contributed by atoms with Gasteiger partial charge in [-0.3, -0.25) is 4.79 Å². The van der Waals surface area contributed by atoms with Crippen LogP contribution in [0.2, 0.25) is 0 Å². The third kappa shape index (κ3) is 4.05. The summed E-state index contributed by atoms with van der Waals surface area (Å²) in [6.07, 6.45) is 3.70. The largest absolute Gasteiger partial charge is 0.507 e. The molecule has 0 radical (unpaired) electrons. The van der Waals surface area contributed by atoms with Crippen molar-refractivity contribution in [2.24, 2.45) is 5.10 Å². The molecule has 5 heteroatoms. The second-order valence-corrected chi connectivity index (χ2v) is 5.47. The van der Waals surface area contributed by atoms with E-state index >= 15 is 0 Å². The third-order valence-electron chi connectivity index (χ3n) is 2.99. The van der Waals surface area contributed by atoms with Gasteiger partial charge in [-0.25, -0.2) is 5.43 Å². The van der Waals surface area contributed by atoms with Crippen molar-refractivity contribution >= 4 is 28.1 Å². The number of nitrogens with one attached hydrogen (secondary N) is 1. The molecule has 0 aliphatic heterocycles. The lowest BCUT2D eigenvalue weighted by atomic mass is 10.1. The average molecular weight is 359 g/mol. The van der Waals surface area contributed by atoms with Crippen LogP contribution in [0.5, 0.6) is 5.75 Å². The SMILES string of the molecule is C=CCc1cccc(/C=N/NC(=O)c2ccc(Br)cc2)c1O. The first kappa shape index (κ1) is 16.0. The lowest BCUT2D eigenvalue weighted by Gasteiger charge is -2.04. The summed E-state index contributed by atoms with van der Waals surface area (Å²) in [6, 6.07) is 12.3. The molecule has 0 heterocycles. The van der Waals surface area contributed by atoms with Crippen LogP contribution in [-0.4, -0.2) is 17.2 Å². The van der Waals surface area contributed by atoms with Gasteiger partial charge in [-0.1, -0.05) is 34.1 Å². The van der Waals surface area contributed by atoms with Crippen molar-refractivity contribution in [2.75, 3.05) is 0 Å². The highest BCUT2D eigenvalue weighted by molar-refractivity contribution is 9.10. The smallest absolute Gasteiger partial charge is 0.271 e. The van der Waals surface area contributed by atoms with E-state index in [9.17, 15) is 9.90 Å². The van der Waals surface area contributed by atoms with Crippen LogP contribution in [0.4, 0.5) is 0 Å². The summed E-state index contributed by atoms with van der Waals surface area (Å²) in [4.78, 5) is 11.9. The predicted molar refractivity (Wildman–Crippen MR) is 91.2 cm³/mol. The minimum Gasteiger partial charge on any atom is -0.507 e. The molecule has 0 fully saturated rings. The number of amides is 1. The van der Waals surface area contributed by atoms with E-state index in [1.54, 1.807) is 36.4 Å². The molecule has 0 aliphatic rings. The van der Waals surface area contributed by atoms with E-state index in [0.717, 1.165) is 10.0 Å². The number of allylic oxidation sites excluding steroid dienone is 1. The van der Waals surface area contributed by atoms with E-state index in [1.165, 1.54) is 6.21 Å². The fraction of sp³-hybridized carbons (Fsp3) is 0.0588. The Morgan fingerprint density at radius 2 is 2.00 bits per heavy atom. The zero-order valence-corrected chi connectivity index (χ0v) is 13.4. The maximum absolute atomic E-state index is 11.9. The number of hydrogen-bond donors (Lipinski definition) is 2. The van der Waals surface area contributed by atoms with Gasteiger partial charge in [0, 0.05) is 15.6 Å². The van der Waals surface area contributed by atoms with E-state index in [4.69, 9.17) is 0 Å². The van der Waals surface area contributed by atoms with E-state index in [1.807, 2.05) is 12.1 Å². The van der Waals surface area contributed by atoms with Crippen molar-refractivity contribution < 1.29 is 9.90 Å². The summed E-state index contributed by atoms with van der Waals surface area (Å²) in [5, 5.41) is 14.0. The van der Waals surface area contributed by atoms with Gasteiger partial charge in [0.05, 0.1) is 6.21 Å². The molecular weight excluding hydrogens is 344 g/mol. The lowest BCUT2D eigenvalue weighted by Crippen LogP contribution is -2.17. The number of phenols is 1. The summed E-state index contributed by atoms with van der Waals surface area (Å²) in [7, 11) is 0. The van der Waals surface area contributed by atoms with Gasteiger partial charge < -0.3 is 5.11 Å². The van der Waals surface area contributed by atoms with Crippen LogP contribution in [0.3, 0.4) is 0 Å². The Labute approximate surface area is 137 Å². The van der Waals surface area contributed by atoms with Gasteiger partial charge in [0.1, 0.15) is 5.75 Å². The molecule has 2 aromatic rings. The van der Waals surface area contributed by atoms with Gasteiger partial charge in [0.25, 0.3) is 5.91 Å². The van der Waals surface area contributed by atoms with E-state index < -0.39 is 0 Å². The summed E-state index contributed by atoms with van der Waals surface area (Å²) in [5.41, 5.74) is 4.23. The Kier molecular flexibility index (Phi) is 5.49.